The fourth-order valence-electron chi connectivity index (χ4n) is 2.39. The van der Waals surface area contributed by atoms with Gasteiger partial charge in [-0.2, -0.15) is 0 Å². The lowest BCUT2D eigenvalue weighted by atomic mass is 9.71. The molecular formula is C14H23BrO2. The fourth-order valence-corrected chi connectivity index (χ4v) is 2.90. The van der Waals surface area contributed by atoms with Crippen molar-refractivity contribution in [3.05, 3.63) is 10.1 Å². The van der Waals surface area contributed by atoms with Crippen LogP contribution in [0.5, 0.6) is 0 Å². The molecule has 2 nitrogen and oxygen atoms in total. The molecule has 1 fully saturated rings. The Morgan fingerprint density at radius 3 is 2.29 bits per heavy atom. The van der Waals surface area contributed by atoms with Crippen LogP contribution < -0.4 is 0 Å². The highest BCUT2D eigenvalue weighted by Crippen LogP contribution is 2.41. The maximum atomic E-state index is 11.6. The highest BCUT2D eigenvalue weighted by molar-refractivity contribution is 9.12. The monoisotopic (exact) mass is 302 g/mol. The Labute approximate surface area is 113 Å². The average molecular weight is 303 g/mol. The van der Waals surface area contributed by atoms with Crippen LogP contribution in [0.15, 0.2) is 10.1 Å². The summed E-state index contributed by atoms with van der Waals surface area (Å²) in [5.74, 6) is 0.547. The molecule has 0 aromatic heterocycles. The van der Waals surface area contributed by atoms with Gasteiger partial charge in [0.1, 0.15) is 4.48 Å². The molecule has 0 atom stereocenters. The first kappa shape index (κ1) is 14.7. The molecule has 1 saturated carbocycles. The van der Waals surface area contributed by atoms with Gasteiger partial charge >= 0.3 is 5.97 Å². The minimum atomic E-state index is -0.211. The summed E-state index contributed by atoms with van der Waals surface area (Å²) in [5.41, 5.74) is 1.60. The number of allylic oxidation sites excluding steroid dienone is 1. The topological polar surface area (TPSA) is 26.3 Å². The van der Waals surface area contributed by atoms with Crippen LogP contribution in [0.2, 0.25) is 0 Å². The van der Waals surface area contributed by atoms with E-state index in [1.54, 1.807) is 0 Å². The molecule has 0 spiro atoms. The minimum absolute atomic E-state index is 0.211. The zero-order chi connectivity index (χ0) is 13.1. The number of carbonyl (C=O) groups excluding carboxylic acids is 1. The highest BCUT2D eigenvalue weighted by atomic mass is 79.9. The maximum absolute atomic E-state index is 11.6. The molecule has 0 aromatic carbocycles. The molecule has 0 heterocycles. The molecule has 0 N–H and O–H groups in total. The van der Waals surface area contributed by atoms with Crippen molar-refractivity contribution in [2.45, 2.75) is 53.4 Å². The lowest BCUT2D eigenvalue weighted by molar-refractivity contribution is -0.137. The van der Waals surface area contributed by atoms with Crippen LogP contribution in [-0.4, -0.2) is 12.6 Å². The number of esters is 1. The van der Waals surface area contributed by atoms with Gasteiger partial charge in [-0.05, 0) is 65.4 Å². The van der Waals surface area contributed by atoms with Gasteiger partial charge in [-0.3, -0.25) is 0 Å². The minimum Gasteiger partial charge on any atom is -0.462 e. The van der Waals surface area contributed by atoms with E-state index >= 15 is 0 Å². The van der Waals surface area contributed by atoms with Crippen molar-refractivity contribution < 1.29 is 9.53 Å². The van der Waals surface area contributed by atoms with Crippen LogP contribution in [0.1, 0.15) is 53.4 Å². The SMILES string of the molecule is CCOC(=O)C(Br)=C1CCC(C(C)(C)C)CC1. The van der Waals surface area contributed by atoms with E-state index in [0.717, 1.165) is 18.8 Å². The van der Waals surface area contributed by atoms with E-state index in [9.17, 15) is 4.79 Å². The lowest BCUT2D eigenvalue weighted by Gasteiger charge is -2.35. The van der Waals surface area contributed by atoms with Crippen LogP contribution in [0.25, 0.3) is 0 Å². The largest absolute Gasteiger partial charge is 0.462 e. The van der Waals surface area contributed by atoms with Crippen molar-refractivity contribution in [1.29, 1.82) is 0 Å². The molecule has 0 amide bonds. The molecule has 1 aliphatic rings. The third-order valence-electron chi connectivity index (χ3n) is 3.58. The standard InChI is InChI=1S/C14H23BrO2/c1-5-17-13(16)12(15)10-6-8-11(9-7-10)14(2,3)4/h11H,5-9H2,1-4H3. The molecule has 0 aromatic rings. The number of ether oxygens (including phenoxy) is 1. The number of hydrogen-bond acceptors (Lipinski definition) is 2. The van der Waals surface area contributed by atoms with E-state index in [2.05, 4.69) is 36.7 Å². The molecule has 17 heavy (non-hydrogen) atoms. The lowest BCUT2D eigenvalue weighted by Crippen LogP contribution is -2.24. The van der Waals surface area contributed by atoms with Crippen molar-refractivity contribution in [3.63, 3.8) is 0 Å². The third-order valence-corrected chi connectivity index (χ3v) is 4.46. The quantitative estimate of drug-likeness (QED) is 0.557. The summed E-state index contributed by atoms with van der Waals surface area (Å²) in [6.45, 7) is 9.16. The predicted octanol–water partition coefficient (Wildman–Crippen LogP) is 4.43. The number of hydrogen-bond donors (Lipinski definition) is 0. The molecule has 0 unspecified atom stereocenters. The summed E-state index contributed by atoms with van der Waals surface area (Å²) in [6.07, 6.45) is 4.38. The number of halogens is 1. The van der Waals surface area contributed by atoms with Gasteiger partial charge in [-0.15, -0.1) is 0 Å². The first-order chi connectivity index (χ1) is 7.86. The van der Waals surface area contributed by atoms with E-state index in [1.807, 2.05) is 6.92 Å². The first-order valence-corrected chi connectivity index (χ1v) is 7.20. The van der Waals surface area contributed by atoms with Crippen LogP contribution in [0.4, 0.5) is 0 Å². The second-order valence-electron chi connectivity index (χ2n) is 5.78. The summed E-state index contributed by atoms with van der Waals surface area (Å²) in [7, 11) is 0. The van der Waals surface area contributed by atoms with Gasteiger partial charge in [0.2, 0.25) is 0 Å². The molecular weight excluding hydrogens is 280 g/mol. The Morgan fingerprint density at radius 2 is 1.88 bits per heavy atom. The molecule has 98 valence electrons. The number of rotatable bonds is 2. The van der Waals surface area contributed by atoms with Crippen LogP contribution in [0, 0.1) is 11.3 Å². The second kappa shape index (κ2) is 6.03. The first-order valence-electron chi connectivity index (χ1n) is 6.41. The van der Waals surface area contributed by atoms with Crippen molar-refractivity contribution in [1.82, 2.24) is 0 Å². The maximum Gasteiger partial charge on any atom is 0.345 e. The Morgan fingerprint density at radius 1 is 1.35 bits per heavy atom. The summed E-state index contributed by atoms with van der Waals surface area (Å²) < 4.78 is 5.67. The molecule has 0 bridgehead atoms. The van der Waals surface area contributed by atoms with Crippen molar-refractivity contribution in [2.24, 2.45) is 11.3 Å². The van der Waals surface area contributed by atoms with Crippen molar-refractivity contribution in [2.75, 3.05) is 6.61 Å². The van der Waals surface area contributed by atoms with Crippen LogP contribution in [-0.2, 0) is 9.53 Å². The smallest absolute Gasteiger partial charge is 0.345 e. The molecule has 0 saturated heterocycles. The fraction of sp³-hybridized carbons (Fsp3) is 0.786. The Bertz CT molecular complexity index is 303. The molecule has 3 heteroatoms. The van der Waals surface area contributed by atoms with E-state index in [1.165, 1.54) is 18.4 Å². The van der Waals surface area contributed by atoms with Gasteiger partial charge in [0, 0.05) is 0 Å². The molecule has 1 rings (SSSR count). The summed E-state index contributed by atoms with van der Waals surface area (Å²) >= 11 is 3.38. The second-order valence-corrected chi connectivity index (χ2v) is 6.57. The van der Waals surface area contributed by atoms with E-state index in [4.69, 9.17) is 4.74 Å². The summed E-state index contributed by atoms with van der Waals surface area (Å²) in [5, 5.41) is 0. The van der Waals surface area contributed by atoms with Gasteiger partial charge in [0.15, 0.2) is 0 Å². The van der Waals surface area contributed by atoms with Gasteiger partial charge in [0.05, 0.1) is 6.61 Å². The Hall–Kier alpha value is -0.310. The molecule has 1 aliphatic carbocycles. The zero-order valence-corrected chi connectivity index (χ0v) is 12.9. The van der Waals surface area contributed by atoms with E-state index in [0.29, 0.717) is 16.5 Å². The van der Waals surface area contributed by atoms with Gasteiger partial charge in [-0.1, -0.05) is 20.8 Å². The Kier molecular flexibility index (Phi) is 5.23. The van der Waals surface area contributed by atoms with E-state index < -0.39 is 0 Å². The third kappa shape index (κ3) is 4.13. The highest BCUT2D eigenvalue weighted by Gasteiger charge is 2.29. The predicted molar refractivity (Wildman–Crippen MR) is 74.0 cm³/mol. The van der Waals surface area contributed by atoms with Crippen LogP contribution >= 0.6 is 15.9 Å². The summed E-state index contributed by atoms with van der Waals surface area (Å²) in [4.78, 5) is 11.6. The van der Waals surface area contributed by atoms with Crippen molar-refractivity contribution in [3.8, 4) is 0 Å². The van der Waals surface area contributed by atoms with Crippen molar-refractivity contribution >= 4 is 21.9 Å². The van der Waals surface area contributed by atoms with Gasteiger partial charge in [0.25, 0.3) is 0 Å². The zero-order valence-electron chi connectivity index (χ0n) is 11.3. The van der Waals surface area contributed by atoms with Crippen LogP contribution in [0.3, 0.4) is 0 Å². The normalized spacial score (nSPS) is 21.2. The molecule has 0 aliphatic heterocycles. The average Bonchev–Trinajstić information content (AvgIpc) is 2.27. The molecule has 0 radical (unpaired) electrons. The Balaban J connectivity index is 2.62. The van der Waals surface area contributed by atoms with Gasteiger partial charge in [-0.25, -0.2) is 4.79 Å². The summed E-state index contributed by atoms with van der Waals surface area (Å²) in [6, 6.07) is 0. The number of carbonyl (C=O) groups is 1. The van der Waals surface area contributed by atoms with Gasteiger partial charge < -0.3 is 4.74 Å². The van der Waals surface area contributed by atoms with E-state index in [-0.39, 0.29) is 5.97 Å².